The Morgan fingerprint density at radius 1 is 1.39 bits per heavy atom. The van der Waals surface area contributed by atoms with E-state index in [-0.39, 0.29) is 35.5 Å². The number of fused-ring (bicyclic) bond motifs is 2. The number of pyridine rings is 1. The second kappa shape index (κ2) is 12.2. The molecule has 5 rings (SSSR count). The Labute approximate surface area is 242 Å². The number of nitrogens with one attached hydrogen (secondary N) is 2. The molecule has 15 nitrogen and oxygen atoms in total. The number of aromatic nitrogens is 5. The summed E-state index contributed by atoms with van der Waals surface area (Å²) < 4.78 is 7.95. The van der Waals surface area contributed by atoms with Crippen molar-refractivity contribution < 1.29 is 28.9 Å². The third-order valence-corrected chi connectivity index (χ3v) is 8.41. The number of anilines is 1. The van der Waals surface area contributed by atoms with Crippen LogP contribution in [0.2, 0.25) is 0 Å². The van der Waals surface area contributed by atoms with Crippen LogP contribution in [0, 0.1) is 0 Å². The molecule has 0 saturated carbocycles. The number of β-lactam (4-membered cyclic amide) rings is 1. The number of carboxylic acid groups (broad SMARTS) is 1. The minimum Gasteiger partial charge on any atom is -0.477 e. The van der Waals surface area contributed by atoms with Crippen molar-refractivity contribution in [1.82, 2.24) is 34.4 Å². The highest BCUT2D eigenvalue weighted by Gasteiger charge is 2.54. The summed E-state index contributed by atoms with van der Waals surface area (Å²) in [6.07, 6.45) is 4.56. The Bertz CT molecular complexity index is 1550. The fourth-order valence-corrected chi connectivity index (χ4v) is 6.45. The number of oxime groups is 1. The number of amides is 2. The zero-order chi connectivity index (χ0) is 29.1. The molecule has 5 heterocycles. The maximum Gasteiger partial charge on any atom is 0.352 e. The number of hydrogen-bond acceptors (Lipinski definition) is 12. The third kappa shape index (κ3) is 5.59. The summed E-state index contributed by atoms with van der Waals surface area (Å²) >= 11 is 2.26. The summed E-state index contributed by atoms with van der Waals surface area (Å²) in [5.41, 5.74) is 7.56. The summed E-state index contributed by atoms with van der Waals surface area (Å²) in [6.45, 7) is 3.81. The quantitative estimate of drug-likeness (QED) is 0.0690. The molecular weight excluding hydrogens is 572 g/mol. The van der Waals surface area contributed by atoms with E-state index in [4.69, 9.17) is 10.6 Å². The lowest BCUT2D eigenvalue weighted by atomic mass is 10.0. The summed E-state index contributed by atoms with van der Waals surface area (Å²) in [5.74, 6) is -2.16. The van der Waals surface area contributed by atoms with Gasteiger partial charge < -0.3 is 30.9 Å². The van der Waals surface area contributed by atoms with Crippen molar-refractivity contribution in [2.24, 2.45) is 5.16 Å². The van der Waals surface area contributed by atoms with Crippen LogP contribution in [0.25, 0.3) is 11.2 Å². The molecule has 0 bridgehead atoms. The predicted octanol–water partition coefficient (Wildman–Crippen LogP) is -0.454. The molecule has 2 amide bonds. The van der Waals surface area contributed by atoms with Crippen LogP contribution in [0.3, 0.4) is 0 Å². The molecule has 216 valence electrons. The van der Waals surface area contributed by atoms with Crippen LogP contribution < -0.4 is 20.9 Å². The number of nitrogens with zero attached hydrogens (tertiary/aromatic N) is 7. The van der Waals surface area contributed by atoms with Crippen molar-refractivity contribution in [3.8, 4) is 0 Å². The lowest BCUT2D eigenvalue weighted by Gasteiger charge is -2.49. The van der Waals surface area contributed by atoms with Gasteiger partial charge in [0.15, 0.2) is 5.13 Å². The summed E-state index contributed by atoms with van der Waals surface area (Å²) in [5, 5.41) is 19.2. The average molecular weight is 602 g/mol. The normalized spacial score (nSPS) is 18.8. The van der Waals surface area contributed by atoms with Crippen LogP contribution in [0.1, 0.15) is 19.2 Å². The molecule has 1 fully saturated rings. The van der Waals surface area contributed by atoms with Crippen LogP contribution in [-0.4, -0.2) is 89.8 Å². The molecule has 0 aliphatic carbocycles. The average Bonchev–Trinajstić information content (AvgIpc) is 3.58. The number of carbonyl (C=O) groups is 3. The van der Waals surface area contributed by atoms with Crippen molar-refractivity contribution in [3.63, 3.8) is 0 Å². The number of carboxylic acids is 1. The summed E-state index contributed by atoms with van der Waals surface area (Å²) in [4.78, 5) is 53.5. The molecule has 3 aromatic heterocycles. The van der Waals surface area contributed by atoms with E-state index in [0.717, 1.165) is 42.2 Å². The Morgan fingerprint density at radius 3 is 2.93 bits per heavy atom. The predicted molar refractivity (Wildman–Crippen MR) is 151 cm³/mol. The number of nitrogen functional groups attached to an aromatic ring is 1. The van der Waals surface area contributed by atoms with Crippen LogP contribution in [0.4, 0.5) is 5.13 Å². The van der Waals surface area contributed by atoms with E-state index >= 15 is 0 Å². The van der Waals surface area contributed by atoms with Gasteiger partial charge in [0, 0.05) is 29.4 Å². The molecule has 5 N–H and O–H groups in total. The Morgan fingerprint density at radius 2 is 2.22 bits per heavy atom. The highest BCUT2D eigenvalue weighted by molar-refractivity contribution is 8.00. The van der Waals surface area contributed by atoms with Crippen LogP contribution >= 0.6 is 23.3 Å². The van der Waals surface area contributed by atoms with Crippen LogP contribution in [-0.2, 0) is 32.3 Å². The molecule has 0 unspecified atom stereocenters. The van der Waals surface area contributed by atoms with E-state index < -0.39 is 29.2 Å². The number of carbonyl (C=O) groups excluding carboxylic acids is 2. The van der Waals surface area contributed by atoms with Gasteiger partial charge in [-0.1, -0.05) is 5.16 Å². The van der Waals surface area contributed by atoms with Gasteiger partial charge in [-0.05, 0) is 44.1 Å². The highest BCUT2D eigenvalue weighted by Crippen LogP contribution is 2.40. The number of nitrogens with two attached hydrogens (primary N) is 1. The van der Waals surface area contributed by atoms with Crippen LogP contribution in [0.5, 0.6) is 0 Å². The third-order valence-electron chi connectivity index (χ3n) is 6.53. The van der Waals surface area contributed by atoms with Gasteiger partial charge in [-0.3, -0.25) is 14.5 Å². The first-order chi connectivity index (χ1) is 19.8. The Kier molecular flexibility index (Phi) is 8.46. The van der Waals surface area contributed by atoms with Gasteiger partial charge >= 0.3 is 11.6 Å². The number of imidazole rings is 1. The first kappa shape index (κ1) is 28.4. The second-order valence-corrected chi connectivity index (χ2v) is 11.1. The minimum atomic E-state index is -1.21. The topological polar surface area (TPSA) is 194 Å². The Balaban J connectivity index is 1.35. The SMILES string of the molecule is CCO/N=C(\C(=O)N[C@@H]1C(=O)N2C(C(=O)O)=C(C[n+]3cccc4c3ncn4CCCNC)CS[C@H]12)c1nsc(N)n1. The molecular formula is C24H29N10O5S2+. The van der Waals surface area contributed by atoms with Crippen molar-refractivity contribution in [2.45, 2.75) is 37.8 Å². The molecule has 2 aliphatic heterocycles. The lowest BCUT2D eigenvalue weighted by molar-refractivity contribution is -0.664. The van der Waals surface area contributed by atoms with Crippen molar-refractivity contribution in [2.75, 3.05) is 31.7 Å². The summed E-state index contributed by atoms with van der Waals surface area (Å²) in [6, 6.07) is 2.90. The smallest absolute Gasteiger partial charge is 0.352 e. The van der Waals surface area contributed by atoms with Crippen molar-refractivity contribution >= 4 is 63.1 Å². The highest BCUT2D eigenvalue weighted by atomic mass is 32.2. The van der Waals surface area contributed by atoms with Gasteiger partial charge in [-0.2, -0.15) is 9.36 Å². The largest absolute Gasteiger partial charge is 0.477 e. The zero-order valence-corrected chi connectivity index (χ0v) is 23.9. The van der Waals surface area contributed by atoms with Gasteiger partial charge in [0.2, 0.25) is 17.9 Å². The fraction of sp³-hybridized carbons (Fsp3) is 0.417. The first-order valence-electron chi connectivity index (χ1n) is 12.8. The van der Waals surface area contributed by atoms with E-state index in [0.29, 0.717) is 11.3 Å². The van der Waals surface area contributed by atoms with Gasteiger partial charge in [0.1, 0.15) is 35.8 Å². The molecule has 0 spiro atoms. The second-order valence-electron chi connectivity index (χ2n) is 9.17. The number of thioether (sulfide) groups is 1. The monoisotopic (exact) mass is 601 g/mol. The fourth-order valence-electron chi connectivity index (χ4n) is 4.68. The lowest BCUT2D eigenvalue weighted by Crippen LogP contribution is -2.71. The molecule has 2 aliphatic rings. The van der Waals surface area contributed by atoms with Gasteiger partial charge in [-0.15, -0.1) is 11.8 Å². The molecule has 41 heavy (non-hydrogen) atoms. The van der Waals surface area contributed by atoms with E-state index in [2.05, 4.69) is 34.7 Å². The molecule has 17 heteroatoms. The number of aryl methyl sites for hydroxylation is 1. The number of aliphatic carboxylic acids is 1. The summed E-state index contributed by atoms with van der Waals surface area (Å²) in [7, 11) is 1.91. The standard InChI is InChI=1S/C24H28N10O5S2/c1-3-39-30-15(18-29-24(25)41-31-18)20(35)28-16-21(36)34-17(23(37)38)13(11-40-22(16)34)10-32-8-4-6-14-19(32)27-12-33(14)9-5-7-26-2/h4,6,8,12,16,22,26H,3,5,7,9-11H2,1-2H3,(H3-,25,28,29,31,35,37,38)/p+1/b30-15-/t16-,22-/m1/s1. The molecule has 0 aromatic carbocycles. The van der Waals surface area contributed by atoms with Gasteiger partial charge in [-0.25, -0.2) is 9.36 Å². The van der Waals surface area contributed by atoms with E-state index in [1.807, 2.05) is 29.9 Å². The van der Waals surface area contributed by atoms with E-state index in [9.17, 15) is 19.5 Å². The number of rotatable bonds is 12. The molecule has 2 atom stereocenters. The Hall–Kier alpha value is -4.09. The molecule has 3 aromatic rings. The molecule has 0 radical (unpaired) electrons. The van der Waals surface area contributed by atoms with Crippen LogP contribution in [0.15, 0.2) is 41.1 Å². The maximum absolute atomic E-state index is 13.2. The zero-order valence-electron chi connectivity index (χ0n) is 22.3. The first-order valence-corrected chi connectivity index (χ1v) is 14.6. The van der Waals surface area contributed by atoms with Gasteiger partial charge in [0.25, 0.3) is 11.8 Å². The van der Waals surface area contributed by atoms with Gasteiger partial charge in [0.05, 0.1) is 6.20 Å². The van der Waals surface area contributed by atoms with Crippen molar-refractivity contribution in [1.29, 1.82) is 0 Å². The minimum absolute atomic E-state index is 0.0255. The maximum atomic E-state index is 13.2. The van der Waals surface area contributed by atoms with Crippen molar-refractivity contribution in [3.05, 3.63) is 41.8 Å². The molecule has 1 saturated heterocycles. The number of hydrogen-bond donors (Lipinski definition) is 4. The van der Waals surface area contributed by atoms with E-state index in [1.165, 1.54) is 16.7 Å². The van der Waals surface area contributed by atoms with E-state index in [1.54, 1.807) is 13.3 Å².